The van der Waals surface area contributed by atoms with Gasteiger partial charge in [-0.2, -0.15) is 0 Å². The number of amides is 3. The average Bonchev–Trinajstić information content (AvgIpc) is 3.66. The minimum Gasteiger partial charge on any atom is -0.360 e. The first kappa shape index (κ1) is 24.2. The predicted octanol–water partition coefficient (Wildman–Crippen LogP) is 2.88. The van der Waals surface area contributed by atoms with Crippen molar-refractivity contribution in [2.24, 2.45) is 5.92 Å². The van der Waals surface area contributed by atoms with E-state index in [4.69, 9.17) is 4.52 Å². The molecule has 4 aliphatic rings. The number of benzene rings is 1. The van der Waals surface area contributed by atoms with Gasteiger partial charge in [-0.15, -0.1) is 0 Å². The van der Waals surface area contributed by atoms with Crippen LogP contribution in [0.2, 0.25) is 0 Å². The van der Waals surface area contributed by atoms with E-state index in [2.05, 4.69) is 15.4 Å². The molecule has 5 heterocycles. The topological polar surface area (TPSA) is 99.0 Å². The normalized spacial score (nSPS) is 28.3. The number of nitrogens with zero attached hydrogens (tertiary/aromatic N) is 4. The van der Waals surface area contributed by atoms with Crippen LogP contribution in [0, 0.1) is 5.92 Å². The highest BCUT2D eigenvalue weighted by atomic mass is 16.5. The van der Waals surface area contributed by atoms with Gasteiger partial charge >= 0.3 is 0 Å². The van der Waals surface area contributed by atoms with Crippen molar-refractivity contribution in [3.05, 3.63) is 47.3 Å². The Morgan fingerprint density at radius 1 is 1.11 bits per heavy atom. The molecule has 3 atom stereocenters. The van der Waals surface area contributed by atoms with Crippen LogP contribution in [0.15, 0.2) is 34.9 Å². The second-order valence-electron chi connectivity index (χ2n) is 11.1. The van der Waals surface area contributed by atoms with Crippen molar-refractivity contribution in [2.45, 2.75) is 63.5 Å². The van der Waals surface area contributed by atoms with Gasteiger partial charge in [-0.1, -0.05) is 37.2 Å². The number of para-hydroxylation sites is 1. The van der Waals surface area contributed by atoms with Gasteiger partial charge < -0.3 is 19.6 Å². The van der Waals surface area contributed by atoms with Gasteiger partial charge in [0, 0.05) is 55.5 Å². The maximum atomic E-state index is 14.4. The number of hydrogen-bond donors (Lipinski definition) is 1. The Hall–Kier alpha value is -3.20. The molecule has 6 rings (SSSR count). The third kappa shape index (κ3) is 3.69. The molecule has 2 bridgehead atoms. The summed E-state index contributed by atoms with van der Waals surface area (Å²) in [6.45, 7) is 6.76. The standard InChI is InChI=1S/C28H35N5O4/c1-18(2)24-17-22(30-37-24)26(35)31-12-6-11-29-25(34)21-16-19-8-5-15-33(19)28(21)20-9-3-4-10-23(20)32(27(28)36)14-7-13-31/h3-4,9-10,17-19,21H,5-8,11-16H2,1-2H3,(H,29,34)/t19-,21+,28+/m0/s1. The first-order valence-electron chi connectivity index (χ1n) is 13.6. The van der Waals surface area contributed by atoms with E-state index in [1.54, 1.807) is 11.0 Å². The van der Waals surface area contributed by atoms with E-state index in [1.165, 1.54) is 0 Å². The highest BCUT2D eigenvalue weighted by Gasteiger charge is 2.67. The molecule has 1 spiro atoms. The largest absolute Gasteiger partial charge is 0.360 e. The van der Waals surface area contributed by atoms with Crippen molar-refractivity contribution in [3.63, 3.8) is 0 Å². The summed E-state index contributed by atoms with van der Waals surface area (Å²) >= 11 is 0. The summed E-state index contributed by atoms with van der Waals surface area (Å²) in [5.41, 5.74) is 1.22. The average molecular weight is 506 g/mol. The number of rotatable bonds is 2. The molecule has 4 aliphatic heterocycles. The molecule has 37 heavy (non-hydrogen) atoms. The Labute approximate surface area is 217 Å². The fourth-order valence-corrected chi connectivity index (χ4v) is 6.95. The van der Waals surface area contributed by atoms with Crippen LogP contribution in [0.1, 0.15) is 73.7 Å². The van der Waals surface area contributed by atoms with E-state index in [0.29, 0.717) is 56.9 Å². The lowest BCUT2D eigenvalue weighted by atomic mass is 9.78. The van der Waals surface area contributed by atoms with Crippen molar-refractivity contribution >= 4 is 23.4 Å². The second-order valence-corrected chi connectivity index (χ2v) is 11.1. The second kappa shape index (κ2) is 9.28. The van der Waals surface area contributed by atoms with Gasteiger partial charge in [-0.25, -0.2) is 0 Å². The number of carbonyl (C=O) groups excluding carboxylic acids is 3. The molecule has 1 aromatic carbocycles. The van der Waals surface area contributed by atoms with E-state index in [-0.39, 0.29) is 29.7 Å². The monoisotopic (exact) mass is 505 g/mol. The van der Waals surface area contributed by atoms with Crippen molar-refractivity contribution in [1.82, 2.24) is 20.3 Å². The van der Waals surface area contributed by atoms with E-state index in [0.717, 1.165) is 30.6 Å². The highest BCUT2D eigenvalue weighted by Crippen LogP contribution is 2.57. The number of fused-ring (bicyclic) bond motifs is 4. The van der Waals surface area contributed by atoms with E-state index in [9.17, 15) is 14.4 Å². The molecule has 0 aliphatic carbocycles. The SMILES string of the molecule is CC(C)c1cc(C(=O)N2CCCNC(=O)[C@H]3C[C@@H]4CCCN4[C@@]34C(=O)N(CCC2)c2ccccc24)no1. The summed E-state index contributed by atoms with van der Waals surface area (Å²) in [4.78, 5) is 47.3. The fraction of sp³-hybridized carbons (Fsp3) is 0.571. The van der Waals surface area contributed by atoms with Crippen molar-refractivity contribution in [3.8, 4) is 0 Å². The molecule has 1 aromatic heterocycles. The Balaban J connectivity index is 1.32. The van der Waals surface area contributed by atoms with Gasteiger partial charge in [0.2, 0.25) is 5.91 Å². The summed E-state index contributed by atoms with van der Waals surface area (Å²) in [5.74, 6) is 0.168. The van der Waals surface area contributed by atoms with Gasteiger partial charge in [-0.3, -0.25) is 19.3 Å². The quantitative estimate of drug-likeness (QED) is 0.674. The third-order valence-electron chi connectivity index (χ3n) is 8.65. The summed E-state index contributed by atoms with van der Waals surface area (Å²) in [6, 6.07) is 9.94. The minimum absolute atomic E-state index is 0.00782. The molecule has 0 radical (unpaired) electrons. The van der Waals surface area contributed by atoms with Crippen LogP contribution in [-0.2, 0) is 15.1 Å². The zero-order valence-corrected chi connectivity index (χ0v) is 21.6. The summed E-state index contributed by atoms with van der Waals surface area (Å²) in [6.07, 6.45) is 4.04. The Kier molecular flexibility index (Phi) is 6.06. The number of anilines is 1. The fourth-order valence-electron chi connectivity index (χ4n) is 6.95. The Morgan fingerprint density at radius 2 is 1.92 bits per heavy atom. The molecule has 3 fully saturated rings. The van der Waals surface area contributed by atoms with Gasteiger partial charge in [0.15, 0.2) is 5.69 Å². The van der Waals surface area contributed by atoms with Gasteiger partial charge in [0.1, 0.15) is 11.3 Å². The molecule has 0 unspecified atom stereocenters. The van der Waals surface area contributed by atoms with Crippen LogP contribution in [0.4, 0.5) is 5.69 Å². The number of aromatic nitrogens is 1. The maximum Gasteiger partial charge on any atom is 0.276 e. The van der Waals surface area contributed by atoms with Gasteiger partial charge in [0.05, 0.1) is 5.92 Å². The zero-order chi connectivity index (χ0) is 25.7. The highest BCUT2D eigenvalue weighted by molar-refractivity contribution is 6.11. The van der Waals surface area contributed by atoms with Gasteiger partial charge in [0.25, 0.3) is 11.8 Å². The van der Waals surface area contributed by atoms with Crippen LogP contribution < -0.4 is 10.2 Å². The van der Waals surface area contributed by atoms with Crippen LogP contribution in [0.25, 0.3) is 0 Å². The number of carbonyl (C=O) groups is 3. The summed E-state index contributed by atoms with van der Waals surface area (Å²) in [7, 11) is 0. The third-order valence-corrected chi connectivity index (χ3v) is 8.65. The molecule has 0 saturated carbocycles. The van der Waals surface area contributed by atoms with Crippen molar-refractivity contribution in [2.75, 3.05) is 37.6 Å². The first-order chi connectivity index (χ1) is 17.9. The van der Waals surface area contributed by atoms with Crippen LogP contribution in [-0.4, -0.2) is 71.4 Å². The van der Waals surface area contributed by atoms with E-state index >= 15 is 0 Å². The smallest absolute Gasteiger partial charge is 0.276 e. The number of hydrogen-bond acceptors (Lipinski definition) is 6. The minimum atomic E-state index is -0.931. The first-order valence-corrected chi connectivity index (χ1v) is 13.6. The van der Waals surface area contributed by atoms with Gasteiger partial charge in [-0.05, 0) is 44.7 Å². The predicted molar refractivity (Wildman–Crippen MR) is 137 cm³/mol. The zero-order valence-electron chi connectivity index (χ0n) is 21.6. The van der Waals surface area contributed by atoms with Crippen molar-refractivity contribution in [1.29, 1.82) is 0 Å². The molecule has 1 N–H and O–H groups in total. The lowest BCUT2D eigenvalue weighted by molar-refractivity contribution is -0.138. The number of nitrogens with one attached hydrogen (secondary N) is 1. The molecule has 3 saturated heterocycles. The molecule has 3 amide bonds. The lowest BCUT2D eigenvalue weighted by Gasteiger charge is -2.37. The van der Waals surface area contributed by atoms with Crippen LogP contribution >= 0.6 is 0 Å². The molecule has 2 aromatic rings. The Morgan fingerprint density at radius 3 is 2.73 bits per heavy atom. The van der Waals surface area contributed by atoms with E-state index in [1.807, 2.05) is 43.0 Å². The van der Waals surface area contributed by atoms with Crippen molar-refractivity contribution < 1.29 is 18.9 Å². The molecule has 9 heteroatoms. The Bertz CT molecular complexity index is 1220. The van der Waals surface area contributed by atoms with E-state index < -0.39 is 11.5 Å². The molecular weight excluding hydrogens is 470 g/mol. The summed E-state index contributed by atoms with van der Waals surface area (Å²) in [5, 5.41) is 7.13. The maximum absolute atomic E-state index is 14.4. The molecular formula is C28H35N5O4. The summed E-state index contributed by atoms with van der Waals surface area (Å²) < 4.78 is 5.36. The lowest BCUT2D eigenvalue weighted by Crippen LogP contribution is -2.56. The van der Waals surface area contributed by atoms with Crippen LogP contribution in [0.5, 0.6) is 0 Å². The van der Waals surface area contributed by atoms with Crippen LogP contribution in [0.3, 0.4) is 0 Å². The molecule has 9 nitrogen and oxygen atoms in total. The molecule has 196 valence electrons.